The van der Waals surface area contributed by atoms with E-state index in [1.165, 1.54) is 25.6 Å². The summed E-state index contributed by atoms with van der Waals surface area (Å²) in [5, 5.41) is 4.59. The average Bonchev–Trinajstić information content (AvgIpc) is 2.68. The highest BCUT2D eigenvalue weighted by Gasteiger charge is 2.04. The molecule has 0 aliphatic heterocycles. The van der Waals surface area contributed by atoms with Crippen LogP contribution in [-0.4, -0.2) is 17.1 Å². The van der Waals surface area contributed by atoms with Crippen molar-refractivity contribution in [3.8, 4) is 0 Å². The van der Waals surface area contributed by atoms with E-state index in [-0.39, 0.29) is 5.02 Å². The Morgan fingerprint density at radius 3 is 2.42 bits per heavy atom. The molecule has 0 amide bonds. The van der Waals surface area contributed by atoms with Crippen molar-refractivity contribution in [3.05, 3.63) is 58.3 Å². The van der Waals surface area contributed by atoms with Gasteiger partial charge in [-0.15, -0.1) is 0 Å². The van der Waals surface area contributed by atoms with Gasteiger partial charge in [0.15, 0.2) is 0 Å². The van der Waals surface area contributed by atoms with Gasteiger partial charge in [-0.2, -0.15) is 0 Å². The molecule has 0 radical (unpaired) electrons. The molecule has 0 saturated carbocycles. The van der Waals surface area contributed by atoms with Crippen molar-refractivity contribution in [2.24, 2.45) is 0 Å². The standard InChI is InChI=1S/C16H15ClFN3O.2C2H6/c1-4-12-15(7-10(2)22-3)19-9-20-16(12)21-11-5-6-14(18)13(17)8-11;2*1-2/h4-9H,2H2,1,3H3,(H,19,20,21);2*1-2H3/b12-4+,15-7+;;. The van der Waals surface area contributed by atoms with Crippen LogP contribution in [0.5, 0.6) is 0 Å². The number of rotatable bonds is 4. The molecule has 0 aliphatic carbocycles. The summed E-state index contributed by atoms with van der Waals surface area (Å²) in [4.78, 5) is 8.42. The first-order valence-electron chi connectivity index (χ1n) is 8.49. The number of halogens is 2. The van der Waals surface area contributed by atoms with Gasteiger partial charge in [0.2, 0.25) is 0 Å². The fourth-order valence-electron chi connectivity index (χ4n) is 1.83. The fraction of sp³-hybridized carbons (Fsp3) is 0.300. The van der Waals surface area contributed by atoms with Crippen molar-refractivity contribution >= 4 is 35.3 Å². The van der Waals surface area contributed by atoms with Gasteiger partial charge in [-0.05, 0) is 25.1 Å². The van der Waals surface area contributed by atoms with Gasteiger partial charge in [0.25, 0.3) is 0 Å². The lowest BCUT2D eigenvalue weighted by Gasteiger charge is -2.07. The number of nitrogens with zero attached hydrogens (tertiary/aromatic N) is 2. The van der Waals surface area contributed by atoms with Crippen LogP contribution in [0.25, 0.3) is 12.2 Å². The lowest BCUT2D eigenvalue weighted by Crippen LogP contribution is -2.31. The van der Waals surface area contributed by atoms with Crippen molar-refractivity contribution in [2.75, 3.05) is 12.4 Å². The van der Waals surface area contributed by atoms with Crippen LogP contribution in [-0.2, 0) is 4.74 Å². The molecule has 6 heteroatoms. The van der Waals surface area contributed by atoms with Crippen molar-refractivity contribution < 1.29 is 9.13 Å². The molecule has 2 aromatic rings. The Morgan fingerprint density at radius 1 is 1.23 bits per heavy atom. The van der Waals surface area contributed by atoms with E-state index in [4.69, 9.17) is 16.3 Å². The Morgan fingerprint density at radius 2 is 1.88 bits per heavy atom. The maximum atomic E-state index is 13.2. The van der Waals surface area contributed by atoms with Gasteiger partial charge in [-0.25, -0.2) is 14.4 Å². The molecule has 0 bridgehead atoms. The van der Waals surface area contributed by atoms with Crippen molar-refractivity contribution in [2.45, 2.75) is 34.6 Å². The minimum Gasteiger partial charge on any atom is -0.497 e. The van der Waals surface area contributed by atoms with Crippen LogP contribution in [0.3, 0.4) is 0 Å². The SMILES string of the molecule is C=C(/C=c1/ncnc(Nc2ccc(F)c(Cl)c2)/c1=C/C)OC.CC.CC. The van der Waals surface area contributed by atoms with E-state index in [1.54, 1.807) is 12.1 Å². The van der Waals surface area contributed by atoms with Crippen molar-refractivity contribution in [1.82, 2.24) is 9.97 Å². The number of anilines is 2. The van der Waals surface area contributed by atoms with Gasteiger partial charge in [0.05, 0.1) is 17.5 Å². The van der Waals surface area contributed by atoms with Crippen LogP contribution in [0.15, 0.2) is 36.9 Å². The first-order valence-corrected chi connectivity index (χ1v) is 8.87. The predicted molar refractivity (Wildman–Crippen MR) is 109 cm³/mol. The average molecular weight is 380 g/mol. The van der Waals surface area contributed by atoms with Crippen LogP contribution in [0.4, 0.5) is 15.9 Å². The summed E-state index contributed by atoms with van der Waals surface area (Å²) in [6.45, 7) is 13.6. The quantitative estimate of drug-likeness (QED) is 0.774. The molecule has 142 valence electrons. The fourth-order valence-corrected chi connectivity index (χ4v) is 2.01. The van der Waals surface area contributed by atoms with Crippen LogP contribution in [0, 0.1) is 5.82 Å². The molecule has 0 aliphatic rings. The third-order valence-electron chi connectivity index (χ3n) is 2.95. The zero-order valence-electron chi connectivity index (χ0n) is 16.2. The van der Waals surface area contributed by atoms with Crippen molar-refractivity contribution in [3.63, 3.8) is 0 Å². The molecule has 4 nitrogen and oxygen atoms in total. The van der Waals surface area contributed by atoms with E-state index in [2.05, 4.69) is 21.9 Å². The molecule has 0 saturated heterocycles. The monoisotopic (exact) mass is 379 g/mol. The van der Waals surface area contributed by atoms with Crippen LogP contribution in [0.2, 0.25) is 5.02 Å². The van der Waals surface area contributed by atoms with Gasteiger partial charge in [-0.1, -0.05) is 52.0 Å². The molecule has 1 heterocycles. The number of aromatic nitrogens is 2. The number of benzene rings is 1. The number of ether oxygens (including phenoxy) is 1. The summed E-state index contributed by atoms with van der Waals surface area (Å²) in [6.07, 6.45) is 5.00. The van der Waals surface area contributed by atoms with E-state index in [0.717, 1.165) is 5.22 Å². The molecule has 0 spiro atoms. The van der Waals surface area contributed by atoms with Gasteiger partial charge >= 0.3 is 0 Å². The van der Waals surface area contributed by atoms with E-state index in [1.807, 2.05) is 40.7 Å². The Labute approximate surface area is 160 Å². The molecular weight excluding hydrogens is 353 g/mol. The van der Waals surface area contributed by atoms with Gasteiger partial charge < -0.3 is 10.1 Å². The van der Waals surface area contributed by atoms with Gasteiger partial charge in [0, 0.05) is 17.0 Å². The van der Waals surface area contributed by atoms with Gasteiger partial charge in [0.1, 0.15) is 23.7 Å². The minimum atomic E-state index is -0.470. The van der Waals surface area contributed by atoms with E-state index in [9.17, 15) is 4.39 Å². The Kier molecular flexibility index (Phi) is 11.7. The lowest BCUT2D eigenvalue weighted by molar-refractivity contribution is 0.315. The molecular formula is C20H27ClFN3O. The lowest BCUT2D eigenvalue weighted by atomic mass is 10.3. The molecule has 2 rings (SSSR count). The summed E-state index contributed by atoms with van der Waals surface area (Å²) in [7, 11) is 1.54. The zero-order chi connectivity index (χ0) is 20.1. The van der Waals surface area contributed by atoms with Crippen LogP contribution >= 0.6 is 11.6 Å². The summed E-state index contributed by atoms with van der Waals surface area (Å²) in [5.41, 5.74) is 0.629. The number of nitrogens with one attached hydrogen (secondary N) is 1. The predicted octanol–water partition coefficient (Wildman–Crippen LogP) is 4.81. The number of hydrogen-bond donors (Lipinski definition) is 1. The molecule has 1 N–H and O–H groups in total. The first kappa shape index (κ1) is 23.6. The normalized spacial score (nSPS) is 10.9. The summed E-state index contributed by atoms with van der Waals surface area (Å²) < 4.78 is 18.2. The Balaban J connectivity index is 0.00000146. The number of hydrogen-bond acceptors (Lipinski definition) is 4. The Hall–Kier alpha value is -2.40. The molecule has 1 aromatic carbocycles. The van der Waals surface area contributed by atoms with Crippen LogP contribution < -0.4 is 15.9 Å². The van der Waals surface area contributed by atoms with E-state index < -0.39 is 5.82 Å². The second-order valence-electron chi connectivity index (χ2n) is 4.38. The smallest absolute Gasteiger partial charge is 0.141 e. The molecule has 0 unspecified atom stereocenters. The highest BCUT2D eigenvalue weighted by atomic mass is 35.5. The van der Waals surface area contributed by atoms with Crippen LogP contribution in [0.1, 0.15) is 34.6 Å². The highest BCUT2D eigenvalue weighted by molar-refractivity contribution is 6.31. The highest BCUT2D eigenvalue weighted by Crippen LogP contribution is 2.20. The zero-order valence-corrected chi connectivity index (χ0v) is 17.0. The molecule has 1 aromatic heterocycles. The maximum Gasteiger partial charge on any atom is 0.141 e. The summed E-state index contributed by atoms with van der Waals surface area (Å²) in [6, 6.07) is 4.37. The third kappa shape index (κ3) is 6.84. The molecule has 26 heavy (non-hydrogen) atoms. The van der Waals surface area contributed by atoms with Crippen molar-refractivity contribution in [1.29, 1.82) is 0 Å². The molecule has 0 fully saturated rings. The number of allylic oxidation sites excluding steroid dienone is 1. The second-order valence-corrected chi connectivity index (χ2v) is 4.79. The first-order chi connectivity index (χ1) is 12.5. The molecule has 0 atom stereocenters. The van der Waals surface area contributed by atoms with E-state index in [0.29, 0.717) is 22.6 Å². The maximum absolute atomic E-state index is 13.2. The third-order valence-corrected chi connectivity index (χ3v) is 3.24. The van der Waals surface area contributed by atoms with E-state index >= 15 is 0 Å². The largest absolute Gasteiger partial charge is 0.497 e. The summed E-state index contributed by atoms with van der Waals surface area (Å²) >= 11 is 5.78. The Bertz CT molecular complexity index is 822. The number of methoxy groups -OCH3 is 1. The summed E-state index contributed by atoms with van der Waals surface area (Å²) in [5.74, 6) is 0.593. The second kappa shape index (κ2) is 12.9. The van der Waals surface area contributed by atoms with Gasteiger partial charge in [-0.3, -0.25) is 0 Å². The minimum absolute atomic E-state index is 0.0423. The topological polar surface area (TPSA) is 47.0 Å².